The molecule has 0 aromatic carbocycles. The van der Waals surface area contributed by atoms with E-state index in [4.69, 9.17) is 5.11 Å². The van der Waals surface area contributed by atoms with Gasteiger partial charge in [0, 0.05) is 5.69 Å². The molecule has 0 unspecified atom stereocenters. The Balaban J connectivity index is 2.08. The number of hydrogen-bond donors (Lipinski definition) is 1. The Bertz CT molecular complexity index is 268. The van der Waals surface area contributed by atoms with E-state index < -0.39 is 0 Å². The number of nitrogens with zero attached hydrogens (tertiary/aromatic N) is 1. The molecule has 0 bridgehead atoms. The van der Waals surface area contributed by atoms with Crippen LogP contribution in [0.3, 0.4) is 0 Å². The molecular weight excluding hydrogens is 150 g/mol. The molecule has 1 N–H and O–H groups in total. The first-order valence-electron chi connectivity index (χ1n) is 4.44. The summed E-state index contributed by atoms with van der Waals surface area (Å²) in [6, 6.07) is 5.87. The molecule has 2 heteroatoms. The fourth-order valence-electron chi connectivity index (χ4n) is 1.35. The molecule has 1 fully saturated rings. The lowest BCUT2D eigenvalue weighted by atomic mass is 10.2. The maximum absolute atomic E-state index is 8.85. The lowest BCUT2D eigenvalue weighted by Gasteiger charge is -2.00. The number of aliphatic hydroxyl groups is 1. The Morgan fingerprint density at radius 2 is 2.08 bits per heavy atom. The van der Waals surface area contributed by atoms with Crippen LogP contribution < -0.4 is 0 Å². The Labute approximate surface area is 72.3 Å². The highest BCUT2D eigenvalue weighted by Gasteiger charge is 2.21. The summed E-state index contributed by atoms with van der Waals surface area (Å²) < 4.78 is 0. The van der Waals surface area contributed by atoms with E-state index in [0.717, 1.165) is 23.7 Å². The fourth-order valence-corrected chi connectivity index (χ4v) is 1.35. The Morgan fingerprint density at radius 1 is 1.33 bits per heavy atom. The number of hydrogen-bond acceptors (Lipinski definition) is 2. The second kappa shape index (κ2) is 3.23. The lowest BCUT2D eigenvalue weighted by Crippen LogP contribution is -1.95. The van der Waals surface area contributed by atoms with Crippen molar-refractivity contribution in [2.24, 2.45) is 5.92 Å². The smallest absolute Gasteiger partial charge is 0.0853 e. The molecule has 1 aliphatic rings. The standard InChI is InChI=1S/C10H13NO/c12-7-10-3-1-2-9(11-10)6-8-4-5-8/h1-3,8,12H,4-7H2. The first-order chi connectivity index (χ1) is 5.88. The normalized spacial score (nSPS) is 16.4. The van der Waals surface area contributed by atoms with Crippen LogP contribution in [0.1, 0.15) is 24.2 Å². The highest BCUT2D eigenvalue weighted by atomic mass is 16.3. The summed E-state index contributed by atoms with van der Waals surface area (Å²) in [6.07, 6.45) is 3.80. The van der Waals surface area contributed by atoms with Crippen molar-refractivity contribution in [2.45, 2.75) is 25.9 Å². The molecule has 2 rings (SSSR count). The van der Waals surface area contributed by atoms with Gasteiger partial charge in [0.2, 0.25) is 0 Å². The first kappa shape index (κ1) is 7.74. The van der Waals surface area contributed by atoms with Crippen LogP contribution in [0.25, 0.3) is 0 Å². The zero-order valence-electron chi connectivity index (χ0n) is 7.03. The molecule has 12 heavy (non-hydrogen) atoms. The molecular formula is C10H13NO. The van der Waals surface area contributed by atoms with Crippen LogP contribution in [0.4, 0.5) is 0 Å². The van der Waals surface area contributed by atoms with Gasteiger partial charge in [-0.3, -0.25) is 4.98 Å². The molecule has 0 saturated heterocycles. The molecule has 1 aliphatic carbocycles. The Morgan fingerprint density at radius 3 is 2.75 bits per heavy atom. The predicted molar refractivity (Wildman–Crippen MR) is 46.6 cm³/mol. The predicted octanol–water partition coefficient (Wildman–Crippen LogP) is 1.53. The molecule has 1 aromatic heterocycles. The van der Waals surface area contributed by atoms with Crippen LogP contribution in [0.15, 0.2) is 18.2 Å². The molecule has 0 atom stereocenters. The van der Waals surface area contributed by atoms with Gasteiger partial charge in [0.25, 0.3) is 0 Å². The van der Waals surface area contributed by atoms with Gasteiger partial charge < -0.3 is 5.11 Å². The van der Waals surface area contributed by atoms with Crippen molar-refractivity contribution in [1.82, 2.24) is 4.98 Å². The Hall–Kier alpha value is -0.890. The highest BCUT2D eigenvalue weighted by molar-refractivity contribution is 5.11. The van der Waals surface area contributed by atoms with Crippen molar-refractivity contribution in [1.29, 1.82) is 0 Å². The van der Waals surface area contributed by atoms with Gasteiger partial charge in [-0.2, -0.15) is 0 Å². The van der Waals surface area contributed by atoms with E-state index in [9.17, 15) is 0 Å². The van der Waals surface area contributed by atoms with Gasteiger partial charge in [-0.05, 0) is 37.3 Å². The molecule has 1 heterocycles. The third-order valence-corrected chi connectivity index (χ3v) is 2.22. The maximum atomic E-state index is 8.85. The third-order valence-electron chi connectivity index (χ3n) is 2.22. The van der Waals surface area contributed by atoms with Crippen LogP contribution in [0.5, 0.6) is 0 Å². The largest absolute Gasteiger partial charge is 0.390 e. The summed E-state index contributed by atoms with van der Waals surface area (Å²) in [6.45, 7) is 0.0541. The van der Waals surface area contributed by atoms with Gasteiger partial charge >= 0.3 is 0 Å². The van der Waals surface area contributed by atoms with E-state index >= 15 is 0 Å². The summed E-state index contributed by atoms with van der Waals surface area (Å²) in [7, 11) is 0. The SMILES string of the molecule is OCc1cccc(CC2CC2)n1. The minimum atomic E-state index is 0.0541. The third kappa shape index (κ3) is 1.83. The summed E-state index contributed by atoms with van der Waals surface area (Å²) >= 11 is 0. The van der Waals surface area contributed by atoms with Gasteiger partial charge in [-0.1, -0.05) is 6.07 Å². The van der Waals surface area contributed by atoms with Crippen LogP contribution in [0.2, 0.25) is 0 Å². The Kier molecular flexibility index (Phi) is 2.09. The molecule has 0 radical (unpaired) electrons. The van der Waals surface area contributed by atoms with Gasteiger partial charge in [0.1, 0.15) is 0 Å². The molecule has 1 saturated carbocycles. The molecule has 2 nitrogen and oxygen atoms in total. The van der Waals surface area contributed by atoms with E-state index in [2.05, 4.69) is 4.98 Å². The molecule has 64 valence electrons. The number of rotatable bonds is 3. The zero-order valence-corrected chi connectivity index (χ0v) is 7.03. The molecule has 0 aliphatic heterocycles. The average Bonchev–Trinajstić information content (AvgIpc) is 2.89. The summed E-state index contributed by atoms with van der Waals surface area (Å²) in [4.78, 5) is 4.32. The first-order valence-corrected chi connectivity index (χ1v) is 4.44. The van der Waals surface area contributed by atoms with Crippen LogP contribution in [-0.4, -0.2) is 10.1 Å². The summed E-state index contributed by atoms with van der Waals surface area (Å²) in [5.41, 5.74) is 1.91. The number of pyridine rings is 1. The second-order valence-corrected chi connectivity index (χ2v) is 3.43. The topological polar surface area (TPSA) is 33.1 Å². The lowest BCUT2D eigenvalue weighted by molar-refractivity contribution is 0.276. The van der Waals surface area contributed by atoms with Crippen LogP contribution in [0, 0.1) is 5.92 Å². The van der Waals surface area contributed by atoms with Crippen LogP contribution in [-0.2, 0) is 13.0 Å². The van der Waals surface area contributed by atoms with Crippen molar-refractivity contribution in [2.75, 3.05) is 0 Å². The van der Waals surface area contributed by atoms with E-state index in [1.54, 1.807) is 0 Å². The van der Waals surface area contributed by atoms with Gasteiger partial charge in [0.05, 0.1) is 12.3 Å². The monoisotopic (exact) mass is 163 g/mol. The van der Waals surface area contributed by atoms with Gasteiger partial charge in [-0.15, -0.1) is 0 Å². The average molecular weight is 163 g/mol. The summed E-state index contributed by atoms with van der Waals surface area (Å²) in [5, 5.41) is 8.85. The fraction of sp³-hybridized carbons (Fsp3) is 0.500. The molecule has 1 aromatic rings. The van der Waals surface area contributed by atoms with E-state index in [0.29, 0.717) is 0 Å². The van der Waals surface area contributed by atoms with Gasteiger partial charge in [-0.25, -0.2) is 0 Å². The van der Waals surface area contributed by atoms with E-state index in [-0.39, 0.29) is 6.61 Å². The minimum absolute atomic E-state index is 0.0541. The summed E-state index contributed by atoms with van der Waals surface area (Å²) in [5.74, 6) is 0.867. The second-order valence-electron chi connectivity index (χ2n) is 3.43. The van der Waals surface area contributed by atoms with Crippen LogP contribution >= 0.6 is 0 Å². The van der Waals surface area contributed by atoms with E-state index in [1.807, 2.05) is 18.2 Å². The van der Waals surface area contributed by atoms with Crippen molar-refractivity contribution in [3.05, 3.63) is 29.6 Å². The van der Waals surface area contributed by atoms with Crippen molar-refractivity contribution in [3.63, 3.8) is 0 Å². The van der Waals surface area contributed by atoms with Crippen molar-refractivity contribution >= 4 is 0 Å². The maximum Gasteiger partial charge on any atom is 0.0853 e. The van der Waals surface area contributed by atoms with E-state index in [1.165, 1.54) is 12.8 Å². The minimum Gasteiger partial charge on any atom is -0.390 e. The molecule has 0 spiro atoms. The quantitative estimate of drug-likeness (QED) is 0.733. The number of aliphatic hydroxyl groups excluding tert-OH is 1. The van der Waals surface area contributed by atoms with Crippen molar-refractivity contribution < 1.29 is 5.11 Å². The van der Waals surface area contributed by atoms with Crippen molar-refractivity contribution in [3.8, 4) is 0 Å². The van der Waals surface area contributed by atoms with Gasteiger partial charge in [0.15, 0.2) is 0 Å². The zero-order chi connectivity index (χ0) is 8.39. The highest BCUT2D eigenvalue weighted by Crippen LogP contribution is 2.31. The molecule has 0 amide bonds. The number of aromatic nitrogens is 1.